The van der Waals surface area contributed by atoms with E-state index in [1.54, 1.807) is 26.4 Å². The summed E-state index contributed by atoms with van der Waals surface area (Å²) in [5, 5.41) is 0. The highest BCUT2D eigenvalue weighted by Crippen LogP contribution is 2.33. The van der Waals surface area contributed by atoms with Crippen LogP contribution in [0.25, 0.3) is 0 Å². The molecule has 0 saturated heterocycles. The fraction of sp³-hybridized carbons (Fsp3) is 0.562. The molecule has 0 unspecified atom stereocenters. The van der Waals surface area contributed by atoms with Crippen LogP contribution in [0.5, 0.6) is 11.5 Å². The molecule has 0 spiro atoms. The van der Waals surface area contributed by atoms with E-state index >= 15 is 0 Å². The van der Waals surface area contributed by atoms with Gasteiger partial charge in [0.2, 0.25) is 0 Å². The smallest absolute Gasteiger partial charge is 0.261 e. The summed E-state index contributed by atoms with van der Waals surface area (Å²) < 4.78 is 10.7. The Morgan fingerprint density at radius 2 is 1.90 bits per heavy atom. The van der Waals surface area contributed by atoms with Gasteiger partial charge in [0.1, 0.15) is 17.1 Å². The van der Waals surface area contributed by atoms with Crippen molar-refractivity contribution in [2.75, 3.05) is 27.3 Å². The lowest BCUT2D eigenvalue weighted by molar-refractivity contribution is 0.0571. The Hall–Kier alpha value is -1.75. The molecule has 5 nitrogen and oxygen atoms in total. The molecule has 2 N–H and O–H groups in total. The van der Waals surface area contributed by atoms with Crippen molar-refractivity contribution < 1.29 is 14.3 Å². The van der Waals surface area contributed by atoms with Crippen LogP contribution in [-0.2, 0) is 0 Å². The lowest BCUT2D eigenvalue weighted by Crippen LogP contribution is -2.45. The zero-order valence-corrected chi connectivity index (χ0v) is 12.8. The lowest BCUT2D eigenvalue weighted by Gasteiger charge is -2.38. The largest absolute Gasteiger partial charge is 0.496 e. The number of benzene rings is 1. The molecular formula is C16H24N2O3. The number of nitrogens with zero attached hydrogens (tertiary/aromatic N) is 1. The van der Waals surface area contributed by atoms with E-state index in [9.17, 15) is 4.79 Å². The molecule has 116 valence electrons. The van der Waals surface area contributed by atoms with Gasteiger partial charge in [0.25, 0.3) is 5.91 Å². The molecule has 0 heterocycles. The summed E-state index contributed by atoms with van der Waals surface area (Å²) in [4.78, 5) is 14.9. The zero-order valence-electron chi connectivity index (χ0n) is 12.8. The molecule has 1 saturated carbocycles. The monoisotopic (exact) mass is 292 g/mol. The summed E-state index contributed by atoms with van der Waals surface area (Å²) >= 11 is 0. The third kappa shape index (κ3) is 3.29. The van der Waals surface area contributed by atoms with Gasteiger partial charge in [-0.2, -0.15) is 0 Å². The van der Waals surface area contributed by atoms with Crippen LogP contribution in [0.4, 0.5) is 0 Å². The maximum Gasteiger partial charge on any atom is 0.261 e. The molecule has 1 amide bonds. The summed E-state index contributed by atoms with van der Waals surface area (Å²) in [7, 11) is 3.14. The molecule has 1 aliphatic carbocycles. The fourth-order valence-electron chi connectivity index (χ4n) is 2.62. The Labute approximate surface area is 126 Å². The molecule has 2 rings (SSSR count). The molecule has 1 fully saturated rings. The number of carbonyl (C=O) groups excluding carboxylic acids is 1. The molecule has 1 aromatic carbocycles. The highest BCUT2D eigenvalue weighted by Gasteiger charge is 2.31. The van der Waals surface area contributed by atoms with Crippen molar-refractivity contribution in [3.63, 3.8) is 0 Å². The molecule has 0 bridgehead atoms. The van der Waals surface area contributed by atoms with Gasteiger partial charge in [0.05, 0.1) is 14.2 Å². The summed E-state index contributed by atoms with van der Waals surface area (Å²) in [6.45, 7) is 1.26. The minimum atomic E-state index is -0.0255. The van der Waals surface area contributed by atoms with E-state index in [-0.39, 0.29) is 5.91 Å². The van der Waals surface area contributed by atoms with Crippen LogP contribution in [0, 0.1) is 0 Å². The normalized spacial score (nSPS) is 14.4. The van der Waals surface area contributed by atoms with Crippen LogP contribution in [-0.4, -0.2) is 44.2 Å². The van der Waals surface area contributed by atoms with E-state index in [0.29, 0.717) is 36.2 Å². The van der Waals surface area contributed by atoms with Crippen LogP contribution in [0.1, 0.15) is 36.0 Å². The molecule has 5 heteroatoms. The number of carbonyl (C=O) groups is 1. The number of nitrogens with two attached hydrogens (primary N) is 1. The molecule has 0 radical (unpaired) electrons. The highest BCUT2D eigenvalue weighted by atomic mass is 16.5. The van der Waals surface area contributed by atoms with Crippen LogP contribution in [0.3, 0.4) is 0 Å². The number of hydrogen-bond acceptors (Lipinski definition) is 4. The Bertz CT molecular complexity index is 464. The second kappa shape index (κ2) is 7.31. The molecule has 21 heavy (non-hydrogen) atoms. The van der Waals surface area contributed by atoms with Gasteiger partial charge in [0, 0.05) is 12.6 Å². The summed E-state index contributed by atoms with van der Waals surface area (Å²) in [5.74, 6) is 1.08. The van der Waals surface area contributed by atoms with Crippen LogP contribution in [0.2, 0.25) is 0 Å². The minimum Gasteiger partial charge on any atom is -0.496 e. The van der Waals surface area contributed by atoms with Crippen molar-refractivity contribution in [2.45, 2.75) is 31.7 Å². The number of ether oxygens (including phenoxy) is 2. The van der Waals surface area contributed by atoms with Gasteiger partial charge < -0.3 is 20.1 Å². The van der Waals surface area contributed by atoms with E-state index < -0.39 is 0 Å². The van der Waals surface area contributed by atoms with Crippen LogP contribution < -0.4 is 15.2 Å². The van der Waals surface area contributed by atoms with E-state index in [2.05, 4.69) is 0 Å². The van der Waals surface area contributed by atoms with Gasteiger partial charge >= 0.3 is 0 Å². The Kier molecular flexibility index (Phi) is 5.44. The summed E-state index contributed by atoms with van der Waals surface area (Å²) in [6, 6.07) is 5.72. The molecule has 1 aliphatic rings. The van der Waals surface area contributed by atoms with Crippen molar-refractivity contribution in [3.05, 3.63) is 23.8 Å². The molecule has 0 aliphatic heterocycles. The minimum absolute atomic E-state index is 0.0255. The first-order chi connectivity index (χ1) is 10.2. The Morgan fingerprint density at radius 1 is 1.29 bits per heavy atom. The predicted molar refractivity (Wildman–Crippen MR) is 81.9 cm³/mol. The maximum absolute atomic E-state index is 13.0. The average Bonchev–Trinajstić information content (AvgIpc) is 2.47. The standard InChI is InChI=1S/C16H24N2O3/c1-20-13-8-4-9-14(21-2)15(13)16(19)18(11-5-10-17)12-6-3-7-12/h4,8-9,12H,3,5-7,10-11,17H2,1-2H3. The van der Waals surface area contributed by atoms with Gasteiger partial charge in [-0.15, -0.1) is 0 Å². The van der Waals surface area contributed by atoms with Gasteiger partial charge in [-0.25, -0.2) is 0 Å². The quantitative estimate of drug-likeness (QED) is 0.835. The molecular weight excluding hydrogens is 268 g/mol. The van der Waals surface area contributed by atoms with E-state index in [1.807, 2.05) is 11.0 Å². The van der Waals surface area contributed by atoms with Crippen LogP contribution >= 0.6 is 0 Å². The lowest BCUT2D eigenvalue weighted by atomic mass is 9.90. The SMILES string of the molecule is COc1cccc(OC)c1C(=O)N(CCCN)C1CCC1. The first-order valence-electron chi connectivity index (χ1n) is 7.45. The second-order valence-electron chi connectivity index (χ2n) is 5.26. The summed E-state index contributed by atoms with van der Waals surface area (Å²) in [5.41, 5.74) is 6.11. The van der Waals surface area contributed by atoms with Crippen molar-refractivity contribution in [3.8, 4) is 11.5 Å². The number of methoxy groups -OCH3 is 2. The fourth-order valence-corrected chi connectivity index (χ4v) is 2.62. The average molecular weight is 292 g/mol. The first kappa shape index (κ1) is 15.6. The molecule has 0 atom stereocenters. The van der Waals surface area contributed by atoms with Crippen molar-refractivity contribution >= 4 is 5.91 Å². The van der Waals surface area contributed by atoms with Gasteiger partial charge in [-0.3, -0.25) is 4.79 Å². The molecule has 1 aromatic rings. The van der Waals surface area contributed by atoms with E-state index in [0.717, 1.165) is 19.3 Å². The van der Waals surface area contributed by atoms with E-state index in [1.165, 1.54) is 6.42 Å². The third-order valence-electron chi connectivity index (χ3n) is 4.02. The van der Waals surface area contributed by atoms with Gasteiger partial charge in [-0.1, -0.05) is 6.07 Å². The number of hydrogen-bond donors (Lipinski definition) is 1. The van der Waals surface area contributed by atoms with Crippen molar-refractivity contribution in [2.24, 2.45) is 5.73 Å². The third-order valence-corrected chi connectivity index (χ3v) is 4.02. The van der Waals surface area contributed by atoms with E-state index in [4.69, 9.17) is 15.2 Å². The van der Waals surface area contributed by atoms with Crippen molar-refractivity contribution in [1.82, 2.24) is 4.90 Å². The van der Waals surface area contributed by atoms with Crippen LogP contribution in [0.15, 0.2) is 18.2 Å². The maximum atomic E-state index is 13.0. The number of amides is 1. The topological polar surface area (TPSA) is 64.8 Å². The van der Waals surface area contributed by atoms with Crippen molar-refractivity contribution in [1.29, 1.82) is 0 Å². The highest BCUT2D eigenvalue weighted by molar-refractivity contribution is 6.00. The summed E-state index contributed by atoms with van der Waals surface area (Å²) in [6.07, 6.45) is 4.11. The van der Waals surface area contributed by atoms with Gasteiger partial charge in [-0.05, 0) is 44.4 Å². The molecule has 0 aromatic heterocycles. The first-order valence-corrected chi connectivity index (χ1v) is 7.45. The zero-order chi connectivity index (χ0) is 15.2. The van der Waals surface area contributed by atoms with Gasteiger partial charge in [0.15, 0.2) is 0 Å². The predicted octanol–water partition coefficient (Wildman–Crippen LogP) is 2.05. The second-order valence-corrected chi connectivity index (χ2v) is 5.26. The Balaban J connectivity index is 2.30. The number of rotatable bonds is 7. The Morgan fingerprint density at radius 3 is 2.33 bits per heavy atom.